The van der Waals surface area contributed by atoms with Gasteiger partial charge in [-0.1, -0.05) is 6.07 Å². The Labute approximate surface area is 114 Å². The van der Waals surface area contributed by atoms with Crippen LogP contribution in [0.5, 0.6) is 0 Å². The fourth-order valence-electron chi connectivity index (χ4n) is 1.95. The topological polar surface area (TPSA) is 40.7 Å². The summed E-state index contributed by atoms with van der Waals surface area (Å²) in [5.74, 6) is -0.257. The SMILES string of the molecule is CSc1ccc(Nc2cccc3[nH]ncc23)c(F)c1. The minimum Gasteiger partial charge on any atom is -0.353 e. The van der Waals surface area contributed by atoms with Crippen LogP contribution in [0.25, 0.3) is 10.9 Å². The van der Waals surface area contributed by atoms with E-state index in [1.807, 2.05) is 30.5 Å². The Morgan fingerprint density at radius 1 is 1.21 bits per heavy atom. The monoisotopic (exact) mass is 273 g/mol. The number of aromatic amines is 1. The lowest BCUT2D eigenvalue weighted by atomic mass is 10.2. The Morgan fingerprint density at radius 2 is 2.11 bits per heavy atom. The third-order valence-corrected chi connectivity index (χ3v) is 3.66. The zero-order chi connectivity index (χ0) is 13.2. The Hall–Kier alpha value is -2.01. The van der Waals surface area contributed by atoms with E-state index in [4.69, 9.17) is 0 Å². The lowest BCUT2D eigenvalue weighted by molar-refractivity contribution is 0.628. The summed E-state index contributed by atoms with van der Waals surface area (Å²) in [6.07, 6.45) is 3.65. The molecule has 2 N–H and O–H groups in total. The molecule has 0 unspecified atom stereocenters. The summed E-state index contributed by atoms with van der Waals surface area (Å²) in [6, 6.07) is 10.9. The second-order valence-corrected chi connectivity index (χ2v) is 4.99. The maximum atomic E-state index is 13.9. The van der Waals surface area contributed by atoms with E-state index in [2.05, 4.69) is 15.5 Å². The van der Waals surface area contributed by atoms with Crippen molar-refractivity contribution in [1.29, 1.82) is 0 Å². The van der Waals surface area contributed by atoms with Crippen molar-refractivity contribution in [1.82, 2.24) is 10.2 Å². The van der Waals surface area contributed by atoms with Crippen molar-refractivity contribution < 1.29 is 4.39 Å². The summed E-state index contributed by atoms with van der Waals surface area (Å²) in [4.78, 5) is 0.907. The van der Waals surface area contributed by atoms with Gasteiger partial charge in [0.05, 0.1) is 17.4 Å². The van der Waals surface area contributed by atoms with Gasteiger partial charge in [-0.3, -0.25) is 5.10 Å². The average molecular weight is 273 g/mol. The van der Waals surface area contributed by atoms with Crippen LogP contribution in [0.1, 0.15) is 0 Å². The normalized spacial score (nSPS) is 10.8. The zero-order valence-electron chi connectivity index (χ0n) is 10.3. The molecule has 0 aliphatic rings. The fraction of sp³-hybridized carbons (Fsp3) is 0.0714. The van der Waals surface area contributed by atoms with Gasteiger partial charge >= 0.3 is 0 Å². The van der Waals surface area contributed by atoms with E-state index in [-0.39, 0.29) is 5.82 Å². The predicted octanol–water partition coefficient (Wildman–Crippen LogP) is 4.17. The van der Waals surface area contributed by atoms with E-state index in [1.54, 1.807) is 12.3 Å². The number of fused-ring (bicyclic) bond motifs is 1. The highest BCUT2D eigenvalue weighted by atomic mass is 32.2. The highest BCUT2D eigenvalue weighted by Gasteiger charge is 2.07. The van der Waals surface area contributed by atoms with Crippen LogP contribution >= 0.6 is 11.8 Å². The molecule has 0 bridgehead atoms. The second-order valence-electron chi connectivity index (χ2n) is 4.11. The van der Waals surface area contributed by atoms with Crippen molar-refractivity contribution in [3.8, 4) is 0 Å². The summed E-state index contributed by atoms with van der Waals surface area (Å²) in [5, 5.41) is 10.9. The van der Waals surface area contributed by atoms with Crippen molar-refractivity contribution in [2.24, 2.45) is 0 Å². The molecule has 0 amide bonds. The number of nitrogens with zero attached hydrogens (tertiary/aromatic N) is 1. The number of thioether (sulfide) groups is 1. The van der Waals surface area contributed by atoms with E-state index >= 15 is 0 Å². The Kier molecular flexibility index (Phi) is 3.13. The van der Waals surface area contributed by atoms with Gasteiger partial charge in [0.2, 0.25) is 0 Å². The van der Waals surface area contributed by atoms with Gasteiger partial charge < -0.3 is 5.32 Å². The molecule has 2 aromatic carbocycles. The summed E-state index contributed by atoms with van der Waals surface area (Å²) in [5.41, 5.74) is 2.22. The number of H-pyrrole nitrogens is 1. The first-order valence-corrected chi connectivity index (χ1v) is 7.03. The van der Waals surface area contributed by atoms with Crippen molar-refractivity contribution in [3.05, 3.63) is 48.4 Å². The quantitative estimate of drug-likeness (QED) is 0.704. The first-order valence-electron chi connectivity index (χ1n) is 5.80. The second kappa shape index (κ2) is 4.93. The fourth-order valence-corrected chi connectivity index (χ4v) is 2.37. The molecule has 0 atom stereocenters. The van der Waals surface area contributed by atoms with Crippen LogP contribution in [0.15, 0.2) is 47.5 Å². The third kappa shape index (κ3) is 2.29. The first-order chi connectivity index (χ1) is 9.28. The molecule has 0 fully saturated rings. The van der Waals surface area contributed by atoms with E-state index in [1.165, 1.54) is 17.8 Å². The van der Waals surface area contributed by atoms with Crippen LogP contribution in [0.3, 0.4) is 0 Å². The molecule has 19 heavy (non-hydrogen) atoms. The number of nitrogens with one attached hydrogen (secondary N) is 2. The molecule has 0 aliphatic carbocycles. The highest BCUT2D eigenvalue weighted by Crippen LogP contribution is 2.28. The summed E-state index contributed by atoms with van der Waals surface area (Å²) < 4.78 is 13.9. The molecule has 0 spiro atoms. The van der Waals surface area contributed by atoms with E-state index < -0.39 is 0 Å². The number of benzene rings is 2. The molecule has 0 saturated heterocycles. The Morgan fingerprint density at radius 3 is 2.89 bits per heavy atom. The summed E-state index contributed by atoms with van der Waals surface area (Å²) in [6.45, 7) is 0. The Balaban J connectivity index is 1.99. The van der Waals surface area contributed by atoms with Crippen molar-refractivity contribution in [3.63, 3.8) is 0 Å². The average Bonchev–Trinajstić information content (AvgIpc) is 2.90. The smallest absolute Gasteiger partial charge is 0.147 e. The molecule has 0 radical (unpaired) electrons. The van der Waals surface area contributed by atoms with Crippen LogP contribution < -0.4 is 5.32 Å². The molecule has 3 rings (SSSR count). The number of anilines is 2. The van der Waals surface area contributed by atoms with E-state index in [9.17, 15) is 4.39 Å². The molecule has 0 aliphatic heterocycles. The molecule has 96 valence electrons. The van der Waals surface area contributed by atoms with Gasteiger partial charge in [0.1, 0.15) is 5.82 Å². The zero-order valence-corrected chi connectivity index (χ0v) is 11.1. The minimum atomic E-state index is -0.257. The van der Waals surface area contributed by atoms with E-state index in [0.717, 1.165) is 21.5 Å². The Bertz CT molecular complexity index is 724. The van der Waals surface area contributed by atoms with E-state index in [0.29, 0.717) is 5.69 Å². The van der Waals surface area contributed by atoms with Crippen molar-refractivity contribution in [2.75, 3.05) is 11.6 Å². The molecule has 0 saturated carbocycles. The van der Waals surface area contributed by atoms with Gasteiger partial charge in [0.25, 0.3) is 0 Å². The molecule has 5 heteroatoms. The third-order valence-electron chi connectivity index (χ3n) is 2.93. The number of hydrogen-bond acceptors (Lipinski definition) is 3. The number of halogens is 1. The largest absolute Gasteiger partial charge is 0.353 e. The first kappa shape index (κ1) is 12.0. The standard InChI is InChI=1S/C14H12FN3S/c1-19-9-5-6-14(11(15)7-9)17-12-3-2-4-13-10(12)8-16-18-13/h2-8,17H,1H3,(H,16,18). The van der Waals surface area contributed by atoms with Crippen molar-refractivity contribution in [2.45, 2.75) is 4.90 Å². The van der Waals surface area contributed by atoms with Crippen LogP contribution in [0, 0.1) is 5.82 Å². The molecular formula is C14H12FN3S. The molecule has 3 aromatic rings. The van der Waals surface area contributed by atoms with Gasteiger partial charge in [-0.05, 0) is 36.6 Å². The van der Waals surface area contributed by atoms with Crippen LogP contribution in [-0.2, 0) is 0 Å². The molecular weight excluding hydrogens is 261 g/mol. The number of hydrogen-bond donors (Lipinski definition) is 2. The number of aromatic nitrogens is 2. The van der Waals surface area contributed by atoms with Crippen molar-refractivity contribution >= 4 is 34.0 Å². The predicted molar refractivity (Wildman–Crippen MR) is 77.6 cm³/mol. The summed E-state index contributed by atoms with van der Waals surface area (Å²) in [7, 11) is 0. The number of rotatable bonds is 3. The highest BCUT2D eigenvalue weighted by molar-refractivity contribution is 7.98. The maximum absolute atomic E-state index is 13.9. The maximum Gasteiger partial charge on any atom is 0.147 e. The van der Waals surface area contributed by atoms with Gasteiger partial charge in [-0.25, -0.2) is 4.39 Å². The lowest BCUT2D eigenvalue weighted by Gasteiger charge is -2.09. The molecule has 1 heterocycles. The van der Waals surface area contributed by atoms with Crippen LogP contribution in [0.4, 0.5) is 15.8 Å². The van der Waals surface area contributed by atoms with Gasteiger partial charge in [0.15, 0.2) is 0 Å². The molecule has 3 nitrogen and oxygen atoms in total. The van der Waals surface area contributed by atoms with Crippen LogP contribution in [0.2, 0.25) is 0 Å². The van der Waals surface area contributed by atoms with Gasteiger partial charge in [-0.2, -0.15) is 5.10 Å². The van der Waals surface area contributed by atoms with Gasteiger partial charge in [-0.15, -0.1) is 11.8 Å². The minimum absolute atomic E-state index is 0.257. The van der Waals surface area contributed by atoms with Crippen LogP contribution in [-0.4, -0.2) is 16.5 Å². The van der Waals surface area contributed by atoms with Gasteiger partial charge in [0, 0.05) is 16.0 Å². The lowest BCUT2D eigenvalue weighted by Crippen LogP contribution is -1.94. The molecule has 1 aromatic heterocycles. The summed E-state index contributed by atoms with van der Waals surface area (Å²) >= 11 is 1.52.